The molecule has 0 bridgehead atoms. The number of H-pyrrole nitrogens is 1. The lowest BCUT2D eigenvalue weighted by Crippen LogP contribution is -2.38. The van der Waals surface area contributed by atoms with Crippen LogP contribution in [0.25, 0.3) is 0 Å². The van der Waals surface area contributed by atoms with Crippen molar-refractivity contribution in [2.24, 2.45) is 0 Å². The number of furan rings is 1. The van der Waals surface area contributed by atoms with E-state index in [1.807, 2.05) is 13.8 Å². The summed E-state index contributed by atoms with van der Waals surface area (Å²) in [5.74, 6) is 1.92. The Bertz CT molecular complexity index is 788. The van der Waals surface area contributed by atoms with E-state index in [-0.39, 0.29) is 17.5 Å². The normalized spacial score (nSPS) is 15.1. The van der Waals surface area contributed by atoms with Gasteiger partial charge in [-0.2, -0.15) is 0 Å². The van der Waals surface area contributed by atoms with Crippen molar-refractivity contribution < 1.29 is 17.9 Å². The van der Waals surface area contributed by atoms with Gasteiger partial charge in [0, 0.05) is 18.0 Å². The summed E-state index contributed by atoms with van der Waals surface area (Å²) in [6.07, 6.45) is 1.28. The number of aliphatic hydroxyl groups is 1. The van der Waals surface area contributed by atoms with Gasteiger partial charge in [-0.15, -0.1) is 0 Å². The molecule has 2 rings (SSSR count). The molecule has 0 aliphatic rings. The number of nitrogens with one attached hydrogen (secondary N) is 2. The summed E-state index contributed by atoms with van der Waals surface area (Å²) in [6, 6.07) is 1.71. The summed E-state index contributed by atoms with van der Waals surface area (Å²) >= 11 is 0. The first kappa shape index (κ1) is 17.7. The van der Waals surface area contributed by atoms with E-state index in [0.29, 0.717) is 22.9 Å². The molecular formula is C15H23N3O4S. The molecule has 23 heavy (non-hydrogen) atoms. The Kier molecular flexibility index (Phi) is 4.70. The Labute approximate surface area is 136 Å². The Morgan fingerprint density at radius 3 is 2.57 bits per heavy atom. The van der Waals surface area contributed by atoms with Crippen molar-refractivity contribution in [2.75, 3.05) is 6.54 Å². The van der Waals surface area contributed by atoms with E-state index in [1.165, 1.54) is 6.20 Å². The van der Waals surface area contributed by atoms with E-state index in [2.05, 4.69) is 14.7 Å². The Hall–Kier alpha value is -1.64. The van der Waals surface area contributed by atoms with Crippen molar-refractivity contribution >= 4 is 10.0 Å². The standard InChI is InChI=1S/C15H23N3O4S/c1-9(2)14-16-7-13(18-14)23(20,21)17-8-15(5,19)12-6-10(3)22-11(12)4/h6-7,9,17,19H,8H2,1-5H3,(H,16,18)/t15-/m1/s1. The number of aromatic nitrogens is 2. The van der Waals surface area contributed by atoms with Crippen molar-refractivity contribution in [1.29, 1.82) is 0 Å². The number of nitrogens with zero attached hydrogens (tertiary/aromatic N) is 1. The highest BCUT2D eigenvalue weighted by atomic mass is 32.2. The molecule has 1 atom stereocenters. The predicted octanol–water partition coefficient (Wildman–Crippen LogP) is 1.93. The summed E-state index contributed by atoms with van der Waals surface area (Å²) in [7, 11) is -3.78. The first-order valence-electron chi connectivity index (χ1n) is 7.37. The van der Waals surface area contributed by atoms with E-state index in [0.717, 1.165) is 0 Å². The summed E-state index contributed by atoms with van der Waals surface area (Å²) in [4.78, 5) is 6.83. The third-order valence-electron chi connectivity index (χ3n) is 3.64. The van der Waals surface area contributed by atoms with Gasteiger partial charge in [-0.1, -0.05) is 13.8 Å². The lowest BCUT2D eigenvalue weighted by Gasteiger charge is -2.23. The Morgan fingerprint density at radius 2 is 2.09 bits per heavy atom. The highest BCUT2D eigenvalue weighted by Gasteiger charge is 2.30. The maximum Gasteiger partial charge on any atom is 0.257 e. The molecule has 0 radical (unpaired) electrons. The van der Waals surface area contributed by atoms with Crippen LogP contribution in [0.15, 0.2) is 21.7 Å². The zero-order valence-corrected chi connectivity index (χ0v) is 14.8. The summed E-state index contributed by atoms with van der Waals surface area (Å²) in [5, 5.41) is 10.6. The number of rotatable bonds is 6. The van der Waals surface area contributed by atoms with Crippen LogP contribution in [0, 0.1) is 13.8 Å². The molecule has 0 amide bonds. The lowest BCUT2D eigenvalue weighted by molar-refractivity contribution is 0.0612. The molecule has 2 aromatic heterocycles. The van der Waals surface area contributed by atoms with E-state index in [1.54, 1.807) is 26.8 Å². The number of sulfonamides is 1. The fraction of sp³-hybridized carbons (Fsp3) is 0.533. The number of aromatic amines is 1. The second kappa shape index (κ2) is 6.10. The number of aryl methyl sites for hydroxylation is 2. The molecule has 0 unspecified atom stereocenters. The summed E-state index contributed by atoms with van der Waals surface area (Å²) in [6.45, 7) is 8.70. The zero-order valence-electron chi connectivity index (χ0n) is 14.0. The fourth-order valence-corrected chi connectivity index (χ4v) is 3.38. The van der Waals surface area contributed by atoms with Crippen molar-refractivity contribution in [3.05, 3.63) is 35.2 Å². The maximum absolute atomic E-state index is 12.3. The second-order valence-electron chi connectivity index (χ2n) is 6.21. The molecule has 0 saturated carbocycles. The molecule has 0 aliphatic heterocycles. The minimum absolute atomic E-state index is 0.0166. The van der Waals surface area contributed by atoms with Crippen LogP contribution in [-0.2, 0) is 15.6 Å². The van der Waals surface area contributed by atoms with Gasteiger partial charge in [-0.3, -0.25) is 0 Å². The Morgan fingerprint density at radius 1 is 1.43 bits per heavy atom. The molecule has 0 aromatic carbocycles. The third-order valence-corrected chi connectivity index (χ3v) is 4.95. The van der Waals surface area contributed by atoms with E-state index in [9.17, 15) is 13.5 Å². The average Bonchev–Trinajstić information content (AvgIpc) is 3.04. The highest BCUT2D eigenvalue weighted by molar-refractivity contribution is 7.89. The van der Waals surface area contributed by atoms with Crippen LogP contribution in [0.4, 0.5) is 0 Å². The van der Waals surface area contributed by atoms with Crippen LogP contribution in [0.3, 0.4) is 0 Å². The van der Waals surface area contributed by atoms with Crippen LogP contribution in [0.1, 0.15) is 49.6 Å². The van der Waals surface area contributed by atoms with Gasteiger partial charge in [0.1, 0.15) is 22.9 Å². The van der Waals surface area contributed by atoms with Crippen molar-refractivity contribution in [1.82, 2.24) is 14.7 Å². The highest BCUT2D eigenvalue weighted by Crippen LogP contribution is 2.26. The fourth-order valence-electron chi connectivity index (χ4n) is 2.32. The first-order valence-corrected chi connectivity index (χ1v) is 8.85. The molecule has 7 nitrogen and oxygen atoms in total. The predicted molar refractivity (Wildman–Crippen MR) is 85.6 cm³/mol. The van der Waals surface area contributed by atoms with Crippen LogP contribution in [0.2, 0.25) is 0 Å². The van der Waals surface area contributed by atoms with Crippen molar-refractivity contribution in [2.45, 2.75) is 51.2 Å². The third kappa shape index (κ3) is 3.82. The molecule has 8 heteroatoms. The molecule has 0 aliphatic carbocycles. The van der Waals surface area contributed by atoms with Crippen molar-refractivity contribution in [3.63, 3.8) is 0 Å². The largest absolute Gasteiger partial charge is 0.466 e. The second-order valence-corrected chi connectivity index (χ2v) is 7.95. The smallest absolute Gasteiger partial charge is 0.257 e. The van der Waals surface area contributed by atoms with Crippen molar-refractivity contribution in [3.8, 4) is 0 Å². The van der Waals surface area contributed by atoms with Gasteiger partial charge in [-0.05, 0) is 26.8 Å². The van der Waals surface area contributed by atoms with Gasteiger partial charge < -0.3 is 14.5 Å². The number of imidazole rings is 1. The molecule has 128 valence electrons. The van der Waals surface area contributed by atoms with Crippen LogP contribution >= 0.6 is 0 Å². The van der Waals surface area contributed by atoms with E-state index < -0.39 is 15.6 Å². The first-order chi connectivity index (χ1) is 10.5. The molecule has 2 heterocycles. The zero-order chi connectivity index (χ0) is 17.4. The van der Waals surface area contributed by atoms with Gasteiger partial charge in [0.2, 0.25) is 0 Å². The molecular weight excluding hydrogens is 318 g/mol. The van der Waals surface area contributed by atoms with E-state index >= 15 is 0 Å². The van der Waals surface area contributed by atoms with Crippen LogP contribution < -0.4 is 4.72 Å². The average molecular weight is 341 g/mol. The number of hydrogen-bond donors (Lipinski definition) is 3. The topological polar surface area (TPSA) is 108 Å². The molecule has 0 fully saturated rings. The summed E-state index contributed by atoms with van der Waals surface area (Å²) in [5.41, 5.74) is -0.819. The SMILES string of the molecule is Cc1cc([C@](C)(O)CNS(=O)(=O)c2cnc(C(C)C)[nH]2)c(C)o1. The lowest BCUT2D eigenvalue weighted by atomic mass is 9.97. The molecule has 0 spiro atoms. The van der Waals surface area contributed by atoms with Crippen LogP contribution in [-0.4, -0.2) is 30.0 Å². The van der Waals surface area contributed by atoms with Gasteiger partial charge in [0.15, 0.2) is 5.03 Å². The van der Waals surface area contributed by atoms with Gasteiger partial charge in [-0.25, -0.2) is 18.1 Å². The van der Waals surface area contributed by atoms with Gasteiger partial charge >= 0.3 is 0 Å². The quantitative estimate of drug-likeness (QED) is 0.744. The number of hydrogen-bond acceptors (Lipinski definition) is 5. The molecule has 2 aromatic rings. The molecule has 3 N–H and O–H groups in total. The summed E-state index contributed by atoms with van der Waals surface area (Å²) < 4.78 is 32.4. The van der Waals surface area contributed by atoms with E-state index in [4.69, 9.17) is 4.42 Å². The Balaban J connectivity index is 2.16. The monoisotopic (exact) mass is 341 g/mol. The van der Waals surface area contributed by atoms with Crippen LogP contribution in [0.5, 0.6) is 0 Å². The minimum atomic E-state index is -3.78. The molecule has 0 saturated heterocycles. The van der Waals surface area contributed by atoms with Gasteiger partial charge in [0.25, 0.3) is 10.0 Å². The minimum Gasteiger partial charge on any atom is -0.466 e. The van der Waals surface area contributed by atoms with Gasteiger partial charge in [0.05, 0.1) is 6.20 Å². The maximum atomic E-state index is 12.3.